The van der Waals surface area contributed by atoms with E-state index in [1.54, 1.807) is 13.8 Å². The van der Waals surface area contributed by atoms with Crippen LogP contribution in [-0.2, 0) is 14.3 Å². The minimum Gasteiger partial charge on any atom is -0.479 e. The third kappa shape index (κ3) is 2.52. The number of rotatable bonds is 6. The first-order chi connectivity index (χ1) is 7.43. The van der Waals surface area contributed by atoms with Gasteiger partial charge in [0.15, 0.2) is 5.54 Å². The second kappa shape index (κ2) is 4.82. The third-order valence-corrected chi connectivity index (χ3v) is 2.83. The Balaban J connectivity index is 2.87. The summed E-state index contributed by atoms with van der Waals surface area (Å²) in [5, 5.41) is 9.28. The van der Waals surface area contributed by atoms with Gasteiger partial charge < -0.3 is 14.7 Å². The summed E-state index contributed by atoms with van der Waals surface area (Å²) >= 11 is 0. The van der Waals surface area contributed by atoms with E-state index in [1.807, 2.05) is 0 Å². The van der Waals surface area contributed by atoms with E-state index in [-0.39, 0.29) is 18.6 Å². The summed E-state index contributed by atoms with van der Waals surface area (Å²) in [5.41, 5.74) is -1.25. The fourth-order valence-electron chi connectivity index (χ4n) is 1.88. The molecule has 0 aromatic rings. The van der Waals surface area contributed by atoms with Crippen LogP contribution in [0.5, 0.6) is 0 Å². The highest BCUT2D eigenvalue weighted by atomic mass is 16.5. The van der Waals surface area contributed by atoms with E-state index in [9.17, 15) is 14.7 Å². The molecule has 1 fully saturated rings. The van der Waals surface area contributed by atoms with Crippen molar-refractivity contribution in [3.63, 3.8) is 0 Å². The number of aliphatic carboxylic acids is 1. The Labute approximate surface area is 95.4 Å². The Morgan fingerprint density at radius 1 is 1.50 bits per heavy atom. The van der Waals surface area contributed by atoms with Gasteiger partial charge in [0.25, 0.3) is 0 Å². The van der Waals surface area contributed by atoms with E-state index in [0.29, 0.717) is 6.61 Å². The maximum Gasteiger partial charge on any atom is 0.331 e. The van der Waals surface area contributed by atoms with Crippen molar-refractivity contribution in [2.75, 3.05) is 13.2 Å². The van der Waals surface area contributed by atoms with Crippen molar-refractivity contribution >= 4 is 11.9 Å². The molecule has 92 valence electrons. The Morgan fingerprint density at radius 2 is 2.06 bits per heavy atom. The van der Waals surface area contributed by atoms with Crippen LogP contribution in [0.15, 0.2) is 0 Å². The molecule has 0 radical (unpaired) electrons. The van der Waals surface area contributed by atoms with Gasteiger partial charge in [-0.1, -0.05) is 0 Å². The largest absolute Gasteiger partial charge is 0.479 e. The summed E-state index contributed by atoms with van der Waals surface area (Å²) in [7, 11) is 0. The third-order valence-electron chi connectivity index (χ3n) is 2.83. The van der Waals surface area contributed by atoms with Crippen molar-refractivity contribution in [3.05, 3.63) is 0 Å². The molecule has 1 N–H and O–H groups in total. The number of carbonyl (C=O) groups excluding carboxylic acids is 1. The van der Waals surface area contributed by atoms with E-state index in [0.717, 1.165) is 12.8 Å². The monoisotopic (exact) mass is 229 g/mol. The highest BCUT2D eigenvalue weighted by Crippen LogP contribution is 2.33. The van der Waals surface area contributed by atoms with Gasteiger partial charge in [-0.15, -0.1) is 0 Å². The molecule has 0 heterocycles. The zero-order valence-corrected chi connectivity index (χ0v) is 10.0. The summed E-state index contributed by atoms with van der Waals surface area (Å²) in [4.78, 5) is 24.3. The topological polar surface area (TPSA) is 66.8 Å². The molecule has 1 rings (SSSR count). The predicted molar refractivity (Wildman–Crippen MR) is 58.1 cm³/mol. The van der Waals surface area contributed by atoms with Crippen LogP contribution in [0.1, 0.15) is 33.6 Å². The first kappa shape index (κ1) is 13.0. The summed E-state index contributed by atoms with van der Waals surface area (Å²) in [5.74, 6) is -1.21. The molecule has 1 unspecified atom stereocenters. The number of carboxylic acid groups (broad SMARTS) is 1. The van der Waals surface area contributed by atoms with Crippen molar-refractivity contribution in [2.45, 2.75) is 45.2 Å². The predicted octanol–water partition coefficient (Wildman–Crippen LogP) is 0.877. The summed E-state index contributed by atoms with van der Waals surface area (Å²) < 4.78 is 5.19. The van der Waals surface area contributed by atoms with Crippen LogP contribution in [0.2, 0.25) is 0 Å². The Kier molecular flexibility index (Phi) is 3.91. The minimum absolute atomic E-state index is 0.0366. The molecule has 5 heteroatoms. The standard InChI is InChI=1S/C11H19NO4/c1-4-16-7-11(3,10(14)15)12(8(2)13)9-5-6-9/h9H,4-7H2,1-3H3,(H,14,15). The number of hydrogen-bond acceptors (Lipinski definition) is 3. The molecule has 16 heavy (non-hydrogen) atoms. The molecule has 1 amide bonds. The van der Waals surface area contributed by atoms with Crippen molar-refractivity contribution in [3.8, 4) is 0 Å². The van der Waals surface area contributed by atoms with Gasteiger partial charge in [-0.05, 0) is 26.7 Å². The number of carbonyl (C=O) groups is 2. The Bertz CT molecular complexity index is 288. The van der Waals surface area contributed by atoms with E-state index in [4.69, 9.17) is 4.74 Å². The maximum atomic E-state index is 11.5. The maximum absolute atomic E-state index is 11.5. The highest BCUT2D eigenvalue weighted by Gasteiger charge is 2.48. The van der Waals surface area contributed by atoms with Gasteiger partial charge in [0.05, 0.1) is 6.61 Å². The van der Waals surface area contributed by atoms with Crippen LogP contribution in [-0.4, -0.2) is 46.7 Å². The second-order valence-corrected chi connectivity index (χ2v) is 4.34. The molecule has 1 saturated carbocycles. The zero-order valence-electron chi connectivity index (χ0n) is 10.0. The van der Waals surface area contributed by atoms with Gasteiger partial charge in [0.1, 0.15) is 0 Å². The van der Waals surface area contributed by atoms with Crippen molar-refractivity contribution < 1.29 is 19.4 Å². The number of carboxylic acids is 1. The number of ether oxygens (including phenoxy) is 1. The first-order valence-corrected chi connectivity index (χ1v) is 5.54. The van der Waals surface area contributed by atoms with E-state index in [1.165, 1.54) is 11.8 Å². The molecule has 0 aliphatic heterocycles. The molecule has 0 bridgehead atoms. The quantitative estimate of drug-likeness (QED) is 0.734. The number of hydrogen-bond donors (Lipinski definition) is 1. The van der Waals surface area contributed by atoms with E-state index in [2.05, 4.69) is 0 Å². The van der Waals surface area contributed by atoms with Gasteiger partial charge in [-0.3, -0.25) is 4.79 Å². The lowest BCUT2D eigenvalue weighted by molar-refractivity contribution is -0.162. The Morgan fingerprint density at radius 3 is 2.38 bits per heavy atom. The molecule has 0 saturated heterocycles. The van der Waals surface area contributed by atoms with Crippen LogP contribution < -0.4 is 0 Å². The van der Waals surface area contributed by atoms with Crippen LogP contribution >= 0.6 is 0 Å². The lowest BCUT2D eigenvalue weighted by Crippen LogP contribution is -2.58. The molecular formula is C11H19NO4. The smallest absolute Gasteiger partial charge is 0.331 e. The average Bonchev–Trinajstić information content (AvgIpc) is 2.98. The molecule has 1 aliphatic carbocycles. The molecular weight excluding hydrogens is 210 g/mol. The highest BCUT2D eigenvalue weighted by molar-refractivity contribution is 5.86. The first-order valence-electron chi connectivity index (χ1n) is 5.54. The number of amides is 1. The minimum atomic E-state index is -1.25. The van der Waals surface area contributed by atoms with Crippen molar-refractivity contribution in [1.82, 2.24) is 4.90 Å². The van der Waals surface area contributed by atoms with Gasteiger partial charge >= 0.3 is 5.97 Å². The molecule has 5 nitrogen and oxygen atoms in total. The lowest BCUT2D eigenvalue weighted by Gasteiger charge is -2.37. The fraction of sp³-hybridized carbons (Fsp3) is 0.818. The van der Waals surface area contributed by atoms with Gasteiger partial charge in [-0.25, -0.2) is 4.79 Å². The molecule has 1 aliphatic rings. The molecule has 0 aromatic carbocycles. The van der Waals surface area contributed by atoms with Gasteiger partial charge in [0, 0.05) is 19.6 Å². The molecule has 1 atom stereocenters. The van der Waals surface area contributed by atoms with E-state index < -0.39 is 11.5 Å². The Hall–Kier alpha value is -1.10. The second-order valence-electron chi connectivity index (χ2n) is 4.34. The van der Waals surface area contributed by atoms with Crippen LogP contribution in [0.25, 0.3) is 0 Å². The molecule has 0 aromatic heterocycles. The van der Waals surface area contributed by atoms with E-state index >= 15 is 0 Å². The zero-order chi connectivity index (χ0) is 12.3. The summed E-state index contributed by atoms with van der Waals surface area (Å²) in [6.07, 6.45) is 1.77. The van der Waals surface area contributed by atoms with Crippen LogP contribution in [0.3, 0.4) is 0 Å². The van der Waals surface area contributed by atoms with Gasteiger partial charge in [-0.2, -0.15) is 0 Å². The fourth-order valence-corrected chi connectivity index (χ4v) is 1.88. The lowest BCUT2D eigenvalue weighted by atomic mass is 10.0. The summed E-state index contributed by atoms with van der Waals surface area (Å²) in [6, 6.07) is 0.0686. The van der Waals surface area contributed by atoms with Crippen molar-refractivity contribution in [2.24, 2.45) is 0 Å². The average molecular weight is 229 g/mol. The number of nitrogens with zero attached hydrogens (tertiary/aromatic N) is 1. The van der Waals surface area contributed by atoms with Crippen LogP contribution in [0, 0.1) is 0 Å². The van der Waals surface area contributed by atoms with Crippen LogP contribution in [0.4, 0.5) is 0 Å². The normalized spacial score (nSPS) is 18.9. The van der Waals surface area contributed by atoms with Gasteiger partial charge in [0.2, 0.25) is 5.91 Å². The summed E-state index contributed by atoms with van der Waals surface area (Å²) in [6.45, 7) is 5.24. The molecule has 0 spiro atoms. The van der Waals surface area contributed by atoms with Crippen molar-refractivity contribution in [1.29, 1.82) is 0 Å². The SMILES string of the molecule is CCOCC(C)(C(=O)O)N(C(C)=O)C1CC1.